The van der Waals surface area contributed by atoms with Crippen LogP contribution in [0.3, 0.4) is 0 Å². The van der Waals surface area contributed by atoms with Gasteiger partial charge in [0.2, 0.25) is 5.91 Å². The van der Waals surface area contributed by atoms with E-state index in [2.05, 4.69) is 14.4 Å². The lowest BCUT2D eigenvalue weighted by atomic mass is 9.50. The van der Waals surface area contributed by atoms with Crippen LogP contribution in [0.25, 0.3) is 0 Å². The molecule has 1 saturated heterocycles. The van der Waals surface area contributed by atoms with Crippen molar-refractivity contribution in [1.29, 1.82) is 0 Å². The number of carbonyl (C=O) groups is 5. The highest BCUT2D eigenvalue weighted by Crippen LogP contribution is 2.32. The SMILES string of the molecule is CCN(C)CC(=O)CC1(CC(=O)CN(C)CC)CCC[C@@H](OC(=O)CN(C)CC)CN(C)CC(CNC(=O)CCC(=O)BBP)O1. The zero-order chi connectivity index (χ0) is 34.7. The van der Waals surface area contributed by atoms with Crippen molar-refractivity contribution in [3.8, 4) is 0 Å². The fourth-order valence-electron chi connectivity index (χ4n) is 5.55. The molecule has 0 aromatic rings. The van der Waals surface area contributed by atoms with Crippen molar-refractivity contribution in [3.63, 3.8) is 0 Å². The molecule has 12 nitrogen and oxygen atoms in total. The third-order valence-corrected chi connectivity index (χ3v) is 8.72. The van der Waals surface area contributed by atoms with Gasteiger partial charge in [0.1, 0.15) is 24.6 Å². The molecular formula is C31H60B2N5O7P. The summed E-state index contributed by atoms with van der Waals surface area (Å²) in [5.74, 6) is -0.586. The molecule has 1 amide bonds. The van der Waals surface area contributed by atoms with Crippen LogP contribution in [0.4, 0.5) is 0 Å². The van der Waals surface area contributed by atoms with Crippen molar-refractivity contribution in [3.05, 3.63) is 0 Å². The molecule has 262 valence electrons. The lowest BCUT2D eigenvalue weighted by Crippen LogP contribution is -2.51. The van der Waals surface area contributed by atoms with Crippen molar-refractivity contribution in [2.24, 2.45) is 0 Å². The molecule has 0 bridgehead atoms. The maximum absolute atomic E-state index is 13.4. The van der Waals surface area contributed by atoms with Gasteiger partial charge in [0.25, 0.3) is 0 Å². The third kappa shape index (κ3) is 18.0. The number of nitrogens with zero attached hydrogens (tertiary/aromatic N) is 4. The average molecular weight is 667 g/mol. The number of rotatable bonds is 21. The van der Waals surface area contributed by atoms with Gasteiger partial charge in [-0.3, -0.25) is 33.9 Å². The number of amides is 1. The predicted octanol–water partition coefficient (Wildman–Crippen LogP) is -0.0875. The van der Waals surface area contributed by atoms with E-state index in [1.807, 2.05) is 68.6 Å². The number of hydrogen-bond acceptors (Lipinski definition) is 11. The van der Waals surface area contributed by atoms with Crippen molar-refractivity contribution < 1.29 is 33.4 Å². The molecule has 15 heteroatoms. The van der Waals surface area contributed by atoms with Gasteiger partial charge in [-0.25, -0.2) is 0 Å². The van der Waals surface area contributed by atoms with E-state index in [-0.39, 0.29) is 87.1 Å². The van der Waals surface area contributed by atoms with Gasteiger partial charge in [-0.2, -0.15) is 9.12 Å². The summed E-state index contributed by atoms with van der Waals surface area (Å²) in [6.45, 7) is 10.4. The van der Waals surface area contributed by atoms with E-state index >= 15 is 0 Å². The van der Waals surface area contributed by atoms with Crippen molar-refractivity contribution in [2.75, 3.05) is 87.1 Å². The molecule has 0 aromatic heterocycles. The summed E-state index contributed by atoms with van der Waals surface area (Å²) in [7, 11) is 10.5. The van der Waals surface area contributed by atoms with Gasteiger partial charge in [0.15, 0.2) is 7.17 Å². The van der Waals surface area contributed by atoms with Crippen LogP contribution in [-0.4, -0.2) is 168 Å². The third-order valence-electron chi connectivity index (χ3n) is 8.43. The van der Waals surface area contributed by atoms with Crippen LogP contribution in [0, 0.1) is 0 Å². The molecule has 0 saturated carbocycles. The summed E-state index contributed by atoms with van der Waals surface area (Å²) in [4.78, 5) is 72.1. The van der Waals surface area contributed by atoms with Gasteiger partial charge in [-0.05, 0) is 67.1 Å². The van der Waals surface area contributed by atoms with Crippen LogP contribution in [0.1, 0.15) is 65.7 Å². The number of likely N-dealkylation sites (N-methyl/N-ethyl adjacent to an activating group) is 4. The van der Waals surface area contributed by atoms with E-state index in [4.69, 9.17) is 9.47 Å². The number of hydrogen-bond donors (Lipinski definition) is 1. The smallest absolute Gasteiger partial charge is 0.320 e. The minimum atomic E-state index is -1.09. The maximum atomic E-state index is 13.4. The van der Waals surface area contributed by atoms with Crippen LogP contribution < -0.4 is 5.32 Å². The Kier molecular flexibility index (Phi) is 21.0. The Morgan fingerprint density at radius 1 is 0.913 bits per heavy atom. The molecular weight excluding hydrogens is 607 g/mol. The highest BCUT2D eigenvalue weighted by molar-refractivity contribution is 7.70. The largest absolute Gasteiger partial charge is 0.460 e. The zero-order valence-electron chi connectivity index (χ0n) is 29.6. The highest BCUT2D eigenvalue weighted by atomic mass is 31.0. The quantitative estimate of drug-likeness (QED) is 0.100. The molecule has 0 radical (unpaired) electrons. The van der Waals surface area contributed by atoms with Crippen molar-refractivity contribution in [2.45, 2.75) is 83.5 Å². The summed E-state index contributed by atoms with van der Waals surface area (Å²) in [5.41, 5.74) is -1.05. The maximum Gasteiger partial charge on any atom is 0.320 e. The topological polar surface area (TPSA) is 129 Å². The molecule has 1 aliphatic heterocycles. The zero-order valence-corrected chi connectivity index (χ0v) is 30.8. The Balaban J connectivity index is 3.35. The van der Waals surface area contributed by atoms with Crippen LogP contribution in [0.15, 0.2) is 0 Å². The lowest BCUT2D eigenvalue weighted by Gasteiger charge is -2.40. The number of nitrogens with one attached hydrogen (secondary N) is 1. The van der Waals surface area contributed by atoms with Gasteiger partial charge >= 0.3 is 5.97 Å². The number of ketones is 2. The average Bonchev–Trinajstić information content (AvgIpc) is 2.97. The second-order valence-electron chi connectivity index (χ2n) is 13.0. The summed E-state index contributed by atoms with van der Waals surface area (Å²) in [6, 6.07) is 0. The molecule has 0 aromatic carbocycles. The molecule has 1 N–H and O–H groups in total. The monoisotopic (exact) mass is 667 g/mol. The van der Waals surface area contributed by atoms with Gasteiger partial charge in [-0.15, -0.1) is 0 Å². The fraction of sp³-hybridized carbons (Fsp3) is 0.839. The van der Waals surface area contributed by atoms with Crippen LogP contribution in [-0.2, 0) is 33.4 Å². The Labute approximate surface area is 281 Å². The molecule has 1 fully saturated rings. The summed E-state index contributed by atoms with van der Waals surface area (Å²) < 4.78 is 12.8. The summed E-state index contributed by atoms with van der Waals surface area (Å²) in [5, 5.41) is 2.93. The molecule has 1 heterocycles. The van der Waals surface area contributed by atoms with Crippen LogP contribution in [0.5, 0.6) is 0 Å². The number of Topliss-reactive ketones (excluding diaryl/α,β-unsaturated/α-hetero) is 2. The second kappa shape index (κ2) is 22.8. The van der Waals surface area contributed by atoms with E-state index in [0.717, 1.165) is 6.54 Å². The summed E-state index contributed by atoms with van der Waals surface area (Å²) >= 11 is 0. The lowest BCUT2D eigenvalue weighted by molar-refractivity contribution is -0.156. The fourth-order valence-corrected chi connectivity index (χ4v) is 5.88. The van der Waals surface area contributed by atoms with Crippen LogP contribution in [0.2, 0.25) is 0 Å². The van der Waals surface area contributed by atoms with E-state index in [9.17, 15) is 24.0 Å². The molecule has 2 unspecified atom stereocenters. The number of esters is 1. The molecule has 46 heavy (non-hydrogen) atoms. The standard InChI is InChI=1S/C31H60B2N5O7P/c1-8-35(4)19-24(39)16-31(17-25(40)20-36(5)9-2)15-11-12-26(44-30(43)23-37(6)10-3)21-38(7)22-27(45-31)18-34-29(42)14-13-28(41)32-33-46/h26-27,32-33H,8-23,46H2,1-7H3,(H,34,42)/t26-,27?/m1/s1. The molecule has 1 rings (SSSR count). The second-order valence-corrected chi connectivity index (χ2v) is 13.5. The molecule has 1 aliphatic rings. The number of ether oxygens (including phenoxy) is 2. The minimum absolute atomic E-state index is 0.0209. The number of carbonyl (C=O) groups excluding carboxylic acids is 5. The molecule has 3 atom stereocenters. The van der Waals surface area contributed by atoms with Gasteiger partial charge < -0.3 is 24.5 Å². The first-order chi connectivity index (χ1) is 21.7. The van der Waals surface area contributed by atoms with E-state index in [1.54, 1.807) is 0 Å². The van der Waals surface area contributed by atoms with Crippen molar-refractivity contribution >= 4 is 52.3 Å². The molecule has 0 aliphatic carbocycles. The van der Waals surface area contributed by atoms with Crippen molar-refractivity contribution in [1.82, 2.24) is 24.9 Å². The predicted molar refractivity (Wildman–Crippen MR) is 189 cm³/mol. The van der Waals surface area contributed by atoms with E-state index in [0.29, 0.717) is 59.5 Å². The Morgan fingerprint density at radius 2 is 1.48 bits per heavy atom. The van der Waals surface area contributed by atoms with Gasteiger partial charge in [-0.1, -0.05) is 20.8 Å². The van der Waals surface area contributed by atoms with Gasteiger partial charge in [0, 0.05) is 45.3 Å². The Morgan fingerprint density at radius 3 is 2.02 bits per heavy atom. The normalized spacial score (nSPS) is 19.1. The van der Waals surface area contributed by atoms with Crippen LogP contribution >= 0.6 is 9.12 Å². The van der Waals surface area contributed by atoms with E-state index < -0.39 is 11.7 Å². The summed E-state index contributed by atoms with van der Waals surface area (Å²) in [6.07, 6.45) is 1.03. The Bertz CT molecular complexity index is 954. The van der Waals surface area contributed by atoms with Gasteiger partial charge in [0.05, 0.1) is 37.0 Å². The first kappa shape index (κ1) is 42.3. The first-order valence-electron chi connectivity index (χ1n) is 16.9. The molecule has 0 spiro atoms. The highest BCUT2D eigenvalue weighted by Gasteiger charge is 2.40. The minimum Gasteiger partial charge on any atom is -0.460 e. The first-order valence-corrected chi connectivity index (χ1v) is 17.7. The Hall–Kier alpha value is -1.69. The van der Waals surface area contributed by atoms with E-state index in [1.165, 1.54) is 0 Å².